The van der Waals surface area contributed by atoms with Gasteiger partial charge in [-0.2, -0.15) is 0 Å². The summed E-state index contributed by atoms with van der Waals surface area (Å²) in [6, 6.07) is 23.0. The van der Waals surface area contributed by atoms with Crippen molar-refractivity contribution in [2.45, 2.75) is 45.2 Å². The van der Waals surface area contributed by atoms with Crippen LogP contribution in [-0.2, 0) is 26.3 Å². The van der Waals surface area contributed by atoms with Crippen LogP contribution < -0.4 is 10.6 Å². The van der Waals surface area contributed by atoms with Crippen molar-refractivity contribution in [3.8, 4) is 11.1 Å². The van der Waals surface area contributed by atoms with Crippen LogP contribution >= 0.6 is 0 Å². The number of fused-ring (bicyclic) bond motifs is 3. The largest absolute Gasteiger partial charge is 0.464 e. The molecule has 3 aromatic carbocycles. The van der Waals surface area contributed by atoms with Gasteiger partial charge in [0.05, 0.1) is 12.1 Å². The van der Waals surface area contributed by atoms with E-state index >= 15 is 0 Å². The topological polar surface area (TPSA) is 84.5 Å². The summed E-state index contributed by atoms with van der Waals surface area (Å²) >= 11 is 0. The lowest BCUT2D eigenvalue weighted by Crippen LogP contribution is -2.45. The molecule has 0 bridgehead atoms. The standard InChI is InChI=1S/C29H30N2O4/c1-4-35-28(34)19(2)30-27(33)22-15-13-21(14-16-22)17-18-29(31-20(3)32)25-11-7-5-9-23(25)24-10-6-8-12-26(24)29/h5-16,19H,4,17-18H2,1-3H3,(H,30,33)(H,31,32)/t19-/m0/s1. The lowest BCUT2D eigenvalue weighted by Gasteiger charge is -2.33. The first kappa shape index (κ1) is 24.2. The number of amides is 2. The van der Waals surface area contributed by atoms with E-state index in [-0.39, 0.29) is 18.4 Å². The Morgan fingerprint density at radius 3 is 2.00 bits per heavy atom. The maximum Gasteiger partial charge on any atom is 0.328 e. The Kier molecular flexibility index (Phi) is 7.01. The monoisotopic (exact) mass is 470 g/mol. The predicted octanol–water partition coefficient (Wildman–Crippen LogP) is 4.36. The van der Waals surface area contributed by atoms with Crippen LogP contribution in [0.15, 0.2) is 72.8 Å². The smallest absolute Gasteiger partial charge is 0.328 e. The molecule has 0 saturated heterocycles. The van der Waals surface area contributed by atoms with Crippen molar-refractivity contribution in [3.05, 3.63) is 95.1 Å². The van der Waals surface area contributed by atoms with E-state index in [2.05, 4.69) is 34.9 Å². The second-order valence-electron chi connectivity index (χ2n) is 8.82. The summed E-state index contributed by atoms with van der Waals surface area (Å²) in [5.74, 6) is -0.873. The fourth-order valence-corrected chi connectivity index (χ4v) is 4.85. The number of carbonyl (C=O) groups excluding carboxylic acids is 3. The molecule has 0 radical (unpaired) electrons. The van der Waals surface area contributed by atoms with E-state index in [0.717, 1.165) is 27.8 Å². The minimum Gasteiger partial charge on any atom is -0.464 e. The zero-order valence-corrected chi connectivity index (χ0v) is 20.3. The fourth-order valence-electron chi connectivity index (χ4n) is 4.85. The molecule has 0 aliphatic heterocycles. The highest BCUT2D eigenvalue weighted by Crippen LogP contribution is 2.49. The molecule has 180 valence electrons. The molecule has 6 heteroatoms. The van der Waals surface area contributed by atoms with Crippen molar-refractivity contribution >= 4 is 17.8 Å². The van der Waals surface area contributed by atoms with Crippen molar-refractivity contribution in [2.75, 3.05) is 6.61 Å². The van der Waals surface area contributed by atoms with Crippen molar-refractivity contribution in [2.24, 2.45) is 0 Å². The molecule has 4 rings (SSSR count). The summed E-state index contributed by atoms with van der Waals surface area (Å²) in [4.78, 5) is 36.7. The molecule has 0 spiro atoms. The molecule has 2 N–H and O–H groups in total. The number of nitrogens with one attached hydrogen (secondary N) is 2. The molecule has 1 aliphatic carbocycles. The van der Waals surface area contributed by atoms with Gasteiger partial charge >= 0.3 is 5.97 Å². The molecule has 0 saturated carbocycles. The van der Waals surface area contributed by atoms with Crippen LogP contribution in [0.4, 0.5) is 0 Å². The number of ether oxygens (including phenoxy) is 1. The summed E-state index contributed by atoms with van der Waals surface area (Å²) in [6.07, 6.45) is 1.37. The summed E-state index contributed by atoms with van der Waals surface area (Å²) in [6.45, 7) is 5.14. The average molecular weight is 471 g/mol. The number of carbonyl (C=O) groups is 3. The first-order valence-corrected chi connectivity index (χ1v) is 11.9. The van der Waals surface area contributed by atoms with Gasteiger partial charge in [-0.1, -0.05) is 60.7 Å². The third kappa shape index (κ3) is 4.83. The molecule has 0 fully saturated rings. The highest BCUT2D eigenvalue weighted by molar-refractivity contribution is 5.96. The van der Waals surface area contributed by atoms with Crippen LogP contribution in [0, 0.1) is 0 Å². The Morgan fingerprint density at radius 1 is 0.886 bits per heavy atom. The molecule has 1 atom stereocenters. The number of benzene rings is 3. The third-order valence-corrected chi connectivity index (χ3v) is 6.45. The number of rotatable bonds is 8. The summed E-state index contributed by atoms with van der Waals surface area (Å²) in [5, 5.41) is 5.93. The first-order chi connectivity index (χ1) is 16.9. The van der Waals surface area contributed by atoms with Crippen LogP contribution in [0.1, 0.15) is 54.2 Å². The number of hydrogen-bond acceptors (Lipinski definition) is 4. The molecule has 1 aliphatic rings. The Labute approximate surface area is 205 Å². The van der Waals surface area contributed by atoms with Gasteiger partial charge in [-0.3, -0.25) is 9.59 Å². The highest BCUT2D eigenvalue weighted by atomic mass is 16.5. The maximum absolute atomic E-state index is 12.5. The van der Waals surface area contributed by atoms with Gasteiger partial charge in [-0.05, 0) is 66.6 Å². The Morgan fingerprint density at radius 2 is 1.46 bits per heavy atom. The Hall–Kier alpha value is -3.93. The van der Waals surface area contributed by atoms with E-state index in [1.165, 1.54) is 0 Å². The molecule has 0 heterocycles. The normalized spacial score (nSPS) is 13.8. The van der Waals surface area contributed by atoms with E-state index < -0.39 is 17.6 Å². The van der Waals surface area contributed by atoms with Crippen molar-refractivity contribution in [1.29, 1.82) is 0 Å². The second-order valence-corrected chi connectivity index (χ2v) is 8.82. The molecule has 0 aromatic heterocycles. The molecule has 35 heavy (non-hydrogen) atoms. The zero-order valence-electron chi connectivity index (χ0n) is 20.3. The second kappa shape index (κ2) is 10.1. The van der Waals surface area contributed by atoms with E-state index in [0.29, 0.717) is 18.4 Å². The minimum atomic E-state index is -0.720. The lowest BCUT2D eigenvalue weighted by molar-refractivity contribution is -0.144. The highest BCUT2D eigenvalue weighted by Gasteiger charge is 2.43. The van der Waals surface area contributed by atoms with Crippen LogP contribution in [0.2, 0.25) is 0 Å². The van der Waals surface area contributed by atoms with Crippen LogP contribution in [0.25, 0.3) is 11.1 Å². The fraction of sp³-hybridized carbons (Fsp3) is 0.276. The van der Waals surface area contributed by atoms with Crippen LogP contribution in [0.5, 0.6) is 0 Å². The van der Waals surface area contributed by atoms with Crippen LogP contribution in [0.3, 0.4) is 0 Å². The van der Waals surface area contributed by atoms with E-state index in [1.807, 2.05) is 36.4 Å². The number of hydrogen-bond donors (Lipinski definition) is 2. The lowest BCUT2D eigenvalue weighted by atomic mass is 9.82. The van der Waals surface area contributed by atoms with E-state index in [4.69, 9.17) is 4.74 Å². The Balaban J connectivity index is 1.54. The number of aryl methyl sites for hydroxylation is 1. The summed E-state index contributed by atoms with van der Waals surface area (Å²) in [7, 11) is 0. The quantitative estimate of drug-likeness (QED) is 0.479. The predicted molar refractivity (Wildman–Crippen MR) is 135 cm³/mol. The van der Waals surface area contributed by atoms with Gasteiger partial charge in [0, 0.05) is 12.5 Å². The van der Waals surface area contributed by atoms with Gasteiger partial charge in [0.2, 0.25) is 5.91 Å². The van der Waals surface area contributed by atoms with Gasteiger partial charge in [-0.25, -0.2) is 4.79 Å². The molecule has 6 nitrogen and oxygen atoms in total. The van der Waals surface area contributed by atoms with Crippen molar-refractivity contribution in [1.82, 2.24) is 10.6 Å². The molecule has 3 aromatic rings. The van der Waals surface area contributed by atoms with Crippen molar-refractivity contribution < 1.29 is 19.1 Å². The van der Waals surface area contributed by atoms with Gasteiger partial charge in [0.15, 0.2) is 0 Å². The van der Waals surface area contributed by atoms with E-state index in [9.17, 15) is 14.4 Å². The third-order valence-electron chi connectivity index (χ3n) is 6.45. The van der Waals surface area contributed by atoms with Gasteiger partial charge < -0.3 is 15.4 Å². The maximum atomic E-state index is 12.5. The van der Waals surface area contributed by atoms with Gasteiger partial charge in [0.1, 0.15) is 6.04 Å². The zero-order chi connectivity index (χ0) is 25.0. The van der Waals surface area contributed by atoms with Crippen molar-refractivity contribution in [3.63, 3.8) is 0 Å². The number of esters is 1. The van der Waals surface area contributed by atoms with Gasteiger partial charge in [-0.15, -0.1) is 0 Å². The van der Waals surface area contributed by atoms with E-state index in [1.54, 1.807) is 32.9 Å². The minimum absolute atomic E-state index is 0.0840. The molecular weight excluding hydrogens is 440 g/mol. The summed E-state index contributed by atoms with van der Waals surface area (Å²) in [5.41, 5.74) is 5.37. The molecular formula is C29H30N2O4. The van der Waals surface area contributed by atoms with Gasteiger partial charge in [0.25, 0.3) is 5.91 Å². The Bertz CT molecular complexity index is 1200. The SMILES string of the molecule is CCOC(=O)[C@H](C)NC(=O)c1ccc(CCC2(NC(C)=O)c3ccccc3-c3ccccc32)cc1. The average Bonchev–Trinajstić information content (AvgIpc) is 3.13. The molecule has 2 amide bonds. The summed E-state index contributed by atoms with van der Waals surface area (Å²) < 4.78 is 4.94. The van der Waals surface area contributed by atoms with Crippen LogP contribution in [-0.4, -0.2) is 30.4 Å². The first-order valence-electron chi connectivity index (χ1n) is 11.9. The molecule has 0 unspecified atom stereocenters.